The zero-order chi connectivity index (χ0) is 12.5. The first kappa shape index (κ1) is 15.6. The molecule has 1 aliphatic heterocycles. The zero-order valence-corrected chi connectivity index (χ0v) is 12.7. The van der Waals surface area contributed by atoms with Gasteiger partial charge in [0, 0.05) is 24.9 Å². The number of likely N-dealkylation sites (N-methyl/N-ethyl adjacent to an activating group) is 1. The van der Waals surface area contributed by atoms with Gasteiger partial charge in [0.15, 0.2) is 0 Å². The van der Waals surface area contributed by atoms with E-state index in [1.165, 1.54) is 32.5 Å². The average Bonchev–Trinajstić information content (AvgIpc) is 2.36. The molecule has 1 aliphatic rings. The second kappa shape index (κ2) is 9.50. The van der Waals surface area contributed by atoms with Crippen LogP contribution < -0.4 is 5.32 Å². The maximum Gasteiger partial charge on any atom is 0.0590 e. The monoisotopic (exact) mass is 278 g/mol. The van der Waals surface area contributed by atoms with Gasteiger partial charge in [-0.15, -0.1) is 11.7 Å². The van der Waals surface area contributed by atoms with E-state index in [1.807, 2.05) is 7.05 Å². The highest BCUT2D eigenvalue weighted by atomic mass is 33.1. The fourth-order valence-electron chi connectivity index (χ4n) is 2.16. The highest BCUT2D eigenvalue weighted by Crippen LogP contribution is 2.21. The first-order chi connectivity index (χ1) is 8.26. The van der Waals surface area contributed by atoms with Gasteiger partial charge in [-0.25, -0.2) is 0 Å². The van der Waals surface area contributed by atoms with Gasteiger partial charge in [0.1, 0.15) is 0 Å². The number of thiol groups is 1. The Morgan fingerprint density at radius 2 is 2.18 bits per heavy atom. The van der Waals surface area contributed by atoms with Gasteiger partial charge in [-0.3, -0.25) is 0 Å². The number of hydrogen-bond acceptors (Lipinski definition) is 5. The number of rotatable bonds is 8. The van der Waals surface area contributed by atoms with Gasteiger partial charge in [0.25, 0.3) is 0 Å². The Hall–Kier alpha value is 0.580. The Morgan fingerprint density at radius 3 is 2.76 bits per heavy atom. The maximum absolute atomic E-state index is 5.65. The number of nitrogens with zero attached hydrogens (tertiary/aromatic N) is 1. The molecule has 3 nitrogen and oxygen atoms in total. The summed E-state index contributed by atoms with van der Waals surface area (Å²) in [4.78, 5) is 2.55. The molecule has 1 fully saturated rings. The molecule has 1 unspecified atom stereocenters. The summed E-state index contributed by atoms with van der Waals surface area (Å²) in [5, 5.41) is 3.72. The molecule has 0 saturated carbocycles. The summed E-state index contributed by atoms with van der Waals surface area (Å²) in [6, 6.07) is 0. The predicted molar refractivity (Wildman–Crippen MR) is 79.9 cm³/mol. The fraction of sp³-hybridized carbons (Fsp3) is 1.00. The molecule has 0 aromatic rings. The van der Waals surface area contributed by atoms with Crippen LogP contribution in [0.3, 0.4) is 0 Å². The van der Waals surface area contributed by atoms with Gasteiger partial charge in [-0.1, -0.05) is 17.7 Å². The van der Waals surface area contributed by atoms with Gasteiger partial charge in [-0.05, 0) is 38.9 Å². The van der Waals surface area contributed by atoms with Crippen LogP contribution >= 0.6 is 22.5 Å². The molecule has 5 heteroatoms. The van der Waals surface area contributed by atoms with Gasteiger partial charge in [0.2, 0.25) is 0 Å². The van der Waals surface area contributed by atoms with Crippen molar-refractivity contribution in [2.75, 3.05) is 46.4 Å². The molecular formula is C12H26N2OS2. The van der Waals surface area contributed by atoms with E-state index in [0.29, 0.717) is 5.25 Å². The summed E-state index contributed by atoms with van der Waals surface area (Å²) < 4.78 is 5.65. The standard InChI is InChI=1S/C12H26N2OS2/c1-11(17-16)9-14-6-3-12(4-7-14)10-15-8-5-13-2/h11-13,16H,3-10H2,1-2H3. The van der Waals surface area contributed by atoms with Gasteiger partial charge >= 0.3 is 0 Å². The van der Waals surface area contributed by atoms with Gasteiger partial charge < -0.3 is 15.0 Å². The highest BCUT2D eigenvalue weighted by Gasteiger charge is 2.20. The molecule has 0 aromatic carbocycles. The van der Waals surface area contributed by atoms with E-state index in [-0.39, 0.29) is 0 Å². The van der Waals surface area contributed by atoms with Crippen LogP contribution in [0.15, 0.2) is 0 Å². The first-order valence-electron chi connectivity index (χ1n) is 6.51. The molecule has 0 spiro atoms. The van der Waals surface area contributed by atoms with E-state index >= 15 is 0 Å². The predicted octanol–water partition coefficient (Wildman–Crippen LogP) is 1.90. The lowest BCUT2D eigenvalue weighted by molar-refractivity contribution is 0.0694. The van der Waals surface area contributed by atoms with Crippen molar-refractivity contribution in [3.8, 4) is 0 Å². The number of ether oxygens (including phenoxy) is 1. The van der Waals surface area contributed by atoms with Crippen molar-refractivity contribution in [2.24, 2.45) is 5.92 Å². The number of piperidine rings is 1. The van der Waals surface area contributed by atoms with Crippen molar-refractivity contribution < 1.29 is 4.74 Å². The molecule has 1 saturated heterocycles. The minimum atomic E-state index is 0.627. The van der Waals surface area contributed by atoms with E-state index in [2.05, 4.69) is 28.8 Å². The smallest absolute Gasteiger partial charge is 0.0590 e. The maximum atomic E-state index is 5.65. The third kappa shape index (κ3) is 6.91. The summed E-state index contributed by atoms with van der Waals surface area (Å²) >= 11 is 4.26. The van der Waals surface area contributed by atoms with Crippen LogP contribution in [0, 0.1) is 5.92 Å². The van der Waals surface area contributed by atoms with E-state index in [1.54, 1.807) is 10.8 Å². The third-order valence-electron chi connectivity index (χ3n) is 3.25. The van der Waals surface area contributed by atoms with Crippen LogP contribution in [0.4, 0.5) is 0 Å². The number of hydrogen-bond donors (Lipinski definition) is 2. The first-order valence-corrected chi connectivity index (χ1v) is 8.44. The minimum absolute atomic E-state index is 0.627. The summed E-state index contributed by atoms with van der Waals surface area (Å²) in [6.07, 6.45) is 2.56. The molecule has 1 atom stereocenters. The van der Waals surface area contributed by atoms with Crippen LogP contribution in [0.5, 0.6) is 0 Å². The molecule has 0 amide bonds. The SMILES string of the molecule is CNCCOCC1CCN(CC(C)SS)CC1. The average molecular weight is 278 g/mol. The molecule has 0 aliphatic carbocycles. The molecular weight excluding hydrogens is 252 g/mol. The van der Waals surface area contributed by atoms with E-state index in [0.717, 1.165) is 25.7 Å². The number of likely N-dealkylation sites (tertiary alicyclic amines) is 1. The van der Waals surface area contributed by atoms with Crippen LogP contribution in [-0.4, -0.2) is 56.6 Å². The van der Waals surface area contributed by atoms with Crippen LogP contribution in [0.2, 0.25) is 0 Å². The van der Waals surface area contributed by atoms with Crippen molar-refractivity contribution in [3.05, 3.63) is 0 Å². The second-order valence-electron chi connectivity index (χ2n) is 4.84. The van der Waals surface area contributed by atoms with Crippen LogP contribution in [0.1, 0.15) is 19.8 Å². The number of nitrogens with one attached hydrogen (secondary N) is 1. The lowest BCUT2D eigenvalue weighted by atomic mass is 9.98. The Morgan fingerprint density at radius 1 is 1.47 bits per heavy atom. The lowest BCUT2D eigenvalue weighted by Gasteiger charge is -2.32. The highest BCUT2D eigenvalue weighted by molar-refractivity contribution is 8.68. The van der Waals surface area contributed by atoms with Crippen molar-refractivity contribution in [2.45, 2.75) is 25.0 Å². The van der Waals surface area contributed by atoms with Crippen LogP contribution in [-0.2, 0) is 4.74 Å². The van der Waals surface area contributed by atoms with Crippen molar-refractivity contribution in [1.29, 1.82) is 0 Å². The zero-order valence-electron chi connectivity index (χ0n) is 11.0. The molecule has 1 rings (SSSR count). The van der Waals surface area contributed by atoms with Crippen LogP contribution in [0.25, 0.3) is 0 Å². The topological polar surface area (TPSA) is 24.5 Å². The summed E-state index contributed by atoms with van der Waals surface area (Å²) in [7, 11) is 3.62. The Balaban J connectivity index is 2.05. The molecule has 0 radical (unpaired) electrons. The Labute approximate surface area is 115 Å². The largest absolute Gasteiger partial charge is 0.380 e. The van der Waals surface area contributed by atoms with Crippen molar-refractivity contribution >= 4 is 22.5 Å². The molecule has 1 heterocycles. The van der Waals surface area contributed by atoms with Crippen molar-refractivity contribution in [3.63, 3.8) is 0 Å². The molecule has 1 N–H and O–H groups in total. The summed E-state index contributed by atoms with van der Waals surface area (Å²) in [6.45, 7) is 8.58. The third-order valence-corrected chi connectivity index (χ3v) is 4.84. The molecule has 0 bridgehead atoms. The van der Waals surface area contributed by atoms with E-state index in [9.17, 15) is 0 Å². The quantitative estimate of drug-likeness (QED) is 0.402. The normalized spacial score (nSPS) is 20.6. The molecule has 102 valence electrons. The van der Waals surface area contributed by atoms with Crippen molar-refractivity contribution in [1.82, 2.24) is 10.2 Å². The lowest BCUT2D eigenvalue weighted by Crippen LogP contribution is -2.38. The molecule has 17 heavy (non-hydrogen) atoms. The van der Waals surface area contributed by atoms with Gasteiger partial charge in [0.05, 0.1) is 6.61 Å². The minimum Gasteiger partial charge on any atom is -0.380 e. The summed E-state index contributed by atoms with van der Waals surface area (Å²) in [5.41, 5.74) is 0. The van der Waals surface area contributed by atoms with Gasteiger partial charge in [-0.2, -0.15) is 0 Å². The fourth-order valence-corrected chi connectivity index (χ4v) is 2.63. The molecule has 0 aromatic heterocycles. The summed E-state index contributed by atoms with van der Waals surface area (Å²) in [5.74, 6) is 0.766. The van der Waals surface area contributed by atoms with E-state index < -0.39 is 0 Å². The van der Waals surface area contributed by atoms with E-state index in [4.69, 9.17) is 4.74 Å². The second-order valence-corrected chi connectivity index (χ2v) is 6.49. The Kier molecular flexibility index (Phi) is 8.74. The Bertz CT molecular complexity index is 187.